The first kappa shape index (κ1) is 35.4. The summed E-state index contributed by atoms with van der Waals surface area (Å²) >= 11 is 0. The first-order valence-electron chi connectivity index (χ1n) is 15.8. The number of benzene rings is 1. The summed E-state index contributed by atoms with van der Waals surface area (Å²) in [5.74, 6) is -6.16. The highest BCUT2D eigenvalue weighted by Gasteiger charge is 2.47. The highest BCUT2D eigenvalue weighted by molar-refractivity contribution is 6.05. The molecule has 2 atom stereocenters. The Morgan fingerprint density at radius 2 is 1.77 bits per heavy atom. The van der Waals surface area contributed by atoms with Gasteiger partial charge in [0.25, 0.3) is 5.91 Å². The Balaban J connectivity index is 1.65. The standard InChI is InChI=1S/C33H38F6N4O5/c1-31(2,3)48-30(46)42-14-15-47-18-26(42)29(45)43(25-7-6-20(16-24(25)34)19-4-5-19)27(22-17-40-13-10-23(22)33(37,38)39)28(44)41-21-8-11-32(35,36)12-9-21/h6-7,10,13,16-17,19,21,26-27H,4-5,8-9,11-12,14-15,18H2,1-3H3,(H,41,44)/t26-,27?/m1/s1. The van der Waals surface area contributed by atoms with E-state index < -0.39 is 95.8 Å². The van der Waals surface area contributed by atoms with Gasteiger partial charge in [0.2, 0.25) is 11.8 Å². The van der Waals surface area contributed by atoms with Crippen LogP contribution in [0, 0.1) is 5.82 Å². The number of hydrogen-bond donors (Lipinski definition) is 1. The Morgan fingerprint density at radius 1 is 1.08 bits per heavy atom. The molecule has 3 amide bonds. The molecule has 1 saturated heterocycles. The van der Waals surface area contributed by atoms with E-state index in [-0.39, 0.29) is 31.9 Å². The zero-order valence-electron chi connectivity index (χ0n) is 26.8. The topological polar surface area (TPSA) is 101 Å². The zero-order chi connectivity index (χ0) is 35.0. The van der Waals surface area contributed by atoms with Crippen molar-refractivity contribution in [2.75, 3.05) is 24.7 Å². The third-order valence-corrected chi connectivity index (χ3v) is 8.58. The van der Waals surface area contributed by atoms with Gasteiger partial charge in [0, 0.05) is 43.4 Å². The minimum atomic E-state index is -5.04. The maximum Gasteiger partial charge on any atom is 0.416 e. The fraction of sp³-hybridized carbons (Fsp3) is 0.576. The van der Waals surface area contributed by atoms with Crippen molar-refractivity contribution in [3.05, 3.63) is 59.2 Å². The average Bonchev–Trinajstić information content (AvgIpc) is 3.85. The lowest BCUT2D eigenvalue weighted by Gasteiger charge is -2.41. The molecule has 1 aromatic carbocycles. The van der Waals surface area contributed by atoms with Crippen LogP contribution in [0.3, 0.4) is 0 Å². The van der Waals surface area contributed by atoms with Crippen molar-refractivity contribution in [3.63, 3.8) is 0 Å². The number of anilines is 1. The van der Waals surface area contributed by atoms with E-state index in [9.17, 15) is 36.3 Å². The first-order chi connectivity index (χ1) is 22.4. The summed E-state index contributed by atoms with van der Waals surface area (Å²) in [6.07, 6.45) is -4.19. The number of halogens is 6. The monoisotopic (exact) mass is 684 g/mol. The van der Waals surface area contributed by atoms with E-state index in [1.165, 1.54) is 18.2 Å². The largest absolute Gasteiger partial charge is 0.444 e. The minimum absolute atomic E-state index is 0.00449. The van der Waals surface area contributed by atoms with Gasteiger partial charge in [-0.25, -0.2) is 18.0 Å². The highest BCUT2D eigenvalue weighted by Crippen LogP contribution is 2.43. The van der Waals surface area contributed by atoms with E-state index in [4.69, 9.17) is 9.47 Å². The fourth-order valence-electron chi connectivity index (χ4n) is 6.03. The van der Waals surface area contributed by atoms with Gasteiger partial charge in [-0.15, -0.1) is 0 Å². The molecule has 48 heavy (non-hydrogen) atoms. The molecule has 1 unspecified atom stereocenters. The Morgan fingerprint density at radius 3 is 2.38 bits per heavy atom. The molecule has 9 nitrogen and oxygen atoms in total. The Bertz CT molecular complexity index is 1520. The Labute approximate surface area is 273 Å². The molecule has 15 heteroatoms. The smallest absolute Gasteiger partial charge is 0.416 e. The summed E-state index contributed by atoms with van der Waals surface area (Å²) < 4.78 is 98.4. The van der Waals surface area contributed by atoms with Crippen LogP contribution in [0.2, 0.25) is 0 Å². The number of carbonyl (C=O) groups excluding carboxylic acids is 3. The number of rotatable bonds is 7. The molecule has 2 aromatic rings. The van der Waals surface area contributed by atoms with Crippen molar-refractivity contribution in [2.45, 2.75) is 101 Å². The SMILES string of the molecule is CC(C)(C)OC(=O)N1CCOC[C@@H]1C(=O)N(c1ccc(C2CC2)cc1F)C(C(=O)NC1CCC(F)(F)CC1)c1cnccc1C(F)(F)F. The number of morpholine rings is 1. The number of ether oxygens (including phenoxy) is 2. The van der Waals surface area contributed by atoms with Gasteiger partial charge < -0.3 is 14.8 Å². The van der Waals surface area contributed by atoms with Gasteiger partial charge >= 0.3 is 12.3 Å². The van der Waals surface area contributed by atoms with Gasteiger partial charge in [-0.3, -0.25) is 24.4 Å². The molecule has 1 N–H and O–H groups in total. The van der Waals surface area contributed by atoms with Crippen LogP contribution >= 0.6 is 0 Å². The van der Waals surface area contributed by atoms with Crippen molar-refractivity contribution in [3.8, 4) is 0 Å². The molecule has 3 aliphatic rings. The molecule has 2 heterocycles. The normalized spacial score (nSPS) is 20.9. The molecule has 5 rings (SSSR count). The third-order valence-electron chi connectivity index (χ3n) is 8.58. The summed E-state index contributed by atoms with van der Waals surface area (Å²) in [5, 5.41) is 2.55. The van der Waals surface area contributed by atoms with Gasteiger partial charge in [-0.1, -0.05) is 6.07 Å². The van der Waals surface area contributed by atoms with E-state index in [0.29, 0.717) is 16.5 Å². The molecular formula is C33H38F6N4O5. The lowest BCUT2D eigenvalue weighted by molar-refractivity contribution is -0.140. The summed E-state index contributed by atoms with van der Waals surface area (Å²) in [6.45, 7) is 4.25. The lowest BCUT2D eigenvalue weighted by atomic mass is 9.91. The van der Waals surface area contributed by atoms with Gasteiger partial charge in [0.15, 0.2) is 0 Å². The molecule has 0 spiro atoms. The van der Waals surface area contributed by atoms with Crippen molar-refractivity contribution in [2.24, 2.45) is 0 Å². The molecule has 0 bridgehead atoms. The van der Waals surface area contributed by atoms with E-state index in [2.05, 4.69) is 10.3 Å². The summed E-state index contributed by atoms with van der Waals surface area (Å²) in [4.78, 5) is 47.6. The summed E-state index contributed by atoms with van der Waals surface area (Å²) in [7, 11) is 0. The number of nitrogens with zero attached hydrogens (tertiary/aromatic N) is 3. The fourth-order valence-corrected chi connectivity index (χ4v) is 6.03. The molecule has 2 aliphatic carbocycles. The van der Waals surface area contributed by atoms with Gasteiger partial charge in [0.1, 0.15) is 23.5 Å². The zero-order valence-corrected chi connectivity index (χ0v) is 26.8. The molecular weight excluding hydrogens is 646 g/mol. The van der Waals surface area contributed by atoms with E-state index in [1.807, 2.05) is 0 Å². The Kier molecular flexibility index (Phi) is 10.0. The number of pyridine rings is 1. The van der Waals surface area contributed by atoms with Crippen molar-refractivity contribution >= 4 is 23.6 Å². The van der Waals surface area contributed by atoms with Crippen LogP contribution in [0.5, 0.6) is 0 Å². The average molecular weight is 685 g/mol. The third kappa shape index (κ3) is 8.21. The van der Waals surface area contributed by atoms with Crippen LogP contribution < -0.4 is 10.2 Å². The second-order valence-electron chi connectivity index (χ2n) is 13.5. The lowest BCUT2D eigenvalue weighted by Crippen LogP contribution is -2.59. The molecule has 1 aromatic heterocycles. The van der Waals surface area contributed by atoms with Gasteiger partial charge in [0.05, 0.1) is 24.5 Å². The van der Waals surface area contributed by atoms with Crippen LogP contribution in [0.25, 0.3) is 0 Å². The van der Waals surface area contributed by atoms with Crippen molar-refractivity contribution < 1.29 is 50.2 Å². The van der Waals surface area contributed by atoms with E-state index >= 15 is 4.39 Å². The number of carbonyl (C=O) groups is 3. The molecule has 262 valence electrons. The maximum absolute atomic E-state index is 16.1. The van der Waals surface area contributed by atoms with Crippen LogP contribution in [0.15, 0.2) is 36.7 Å². The first-order valence-corrected chi connectivity index (χ1v) is 15.8. The number of amides is 3. The highest BCUT2D eigenvalue weighted by atomic mass is 19.4. The predicted octanol–water partition coefficient (Wildman–Crippen LogP) is 6.52. The molecule has 0 radical (unpaired) electrons. The molecule has 3 fully saturated rings. The number of aromatic nitrogens is 1. The second kappa shape index (κ2) is 13.6. The summed E-state index contributed by atoms with van der Waals surface area (Å²) in [5.41, 5.74) is -2.98. The van der Waals surface area contributed by atoms with Crippen LogP contribution in [0.1, 0.15) is 87.9 Å². The number of nitrogens with one attached hydrogen (secondary N) is 1. The van der Waals surface area contributed by atoms with E-state index in [1.54, 1.807) is 20.8 Å². The molecule has 2 saturated carbocycles. The number of hydrogen-bond acceptors (Lipinski definition) is 6. The quantitative estimate of drug-likeness (QED) is 0.334. The second-order valence-corrected chi connectivity index (χ2v) is 13.5. The predicted molar refractivity (Wildman–Crippen MR) is 161 cm³/mol. The minimum Gasteiger partial charge on any atom is -0.444 e. The van der Waals surface area contributed by atoms with Gasteiger partial charge in [-0.05, 0) is 76.1 Å². The van der Waals surface area contributed by atoms with E-state index in [0.717, 1.165) is 30.1 Å². The van der Waals surface area contributed by atoms with Gasteiger partial charge in [-0.2, -0.15) is 13.2 Å². The van der Waals surface area contributed by atoms with Crippen LogP contribution in [0.4, 0.5) is 36.8 Å². The van der Waals surface area contributed by atoms with Crippen LogP contribution in [-0.4, -0.2) is 71.2 Å². The Hall–Kier alpha value is -3.88. The molecule has 1 aliphatic heterocycles. The van der Waals surface area contributed by atoms with Crippen LogP contribution in [-0.2, 0) is 25.2 Å². The maximum atomic E-state index is 16.1. The van der Waals surface area contributed by atoms with Crippen molar-refractivity contribution in [1.29, 1.82) is 0 Å². The number of alkyl halides is 5. The van der Waals surface area contributed by atoms with Crippen molar-refractivity contribution in [1.82, 2.24) is 15.2 Å². The summed E-state index contributed by atoms with van der Waals surface area (Å²) in [6, 6.07) is -0.0371.